The fraction of sp³-hybridized carbons (Fsp3) is 0.261. The Morgan fingerprint density at radius 2 is 1.79 bits per heavy atom. The van der Waals surface area contributed by atoms with Gasteiger partial charge in [0.05, 0.1) is 25.5 Å². The van der Waals surface area contributed by atoms with Crippen molar-refractivity contribution in [3.8, 4) is 5.75 Å². The molecule has 0 saturated carbocycles. The quantitative estimate of drug-likeness (QED) is 0.582. The van der Waals surface area contributed by atoms with Crippen LogP contribution in [-0.4, -0.2) is 32.3 Å². The van der Waals surface area contributed by atoms with Gasteiger partial charge in [0, 0.05) is 17.1 Å². The molecule has 1 fully saturated rings. The number of nitrogens with zero attached hydrogens (tertiary/aromatic N) is 1. The van der Waals surface area contributed by atoms with Gasteiger partial charge in [-0.3, -0.25) is 4.79 Å². The van der Waals surface area contributed by atoms with Gasteiger partial charge >= 0.3 is 0 Å². The predicted octanol–water partition coefficient (Wildman–Crippen LogP) is 4.51. The zero-order chi connectivity index (χ0) is 19.8. The number of benzene rings is 3. The number of carbonyl (C=O) groups is 1. The summed E-state index contributed by atoms with van der Waals surface area (Å²) >= 11 is 6.16. The summed E-state index contributed by atoms with van der Waals surface area (Å²) in [7, 11) is 0. The second kappa shape index (κ2) is 7.34. The van der Waals surface area contributed by atoms with Crippen LogP contribution in [0.1, 0.15) is 12.0 Å². The molecule has 2 aliphatic rings. The van der Waals surface area contributed by atoms with Gasteiger partial charge in [-0.05, 0) is 47.5 Å². The van der Waals surface area contributed by atoms with E-state index in [4.69, 9.17) is 25.8 Å². The van der Waals surface area contributed by atoms with Gasteiger partial charge in [0.1, 0.15) is 5.75 Å². The minimum absolute atomic E-state index is 0.196. The molecule has 3 aromatic carbocycles. The van der Waals surface area contributed by atoms with Gasteiger partial charge in [-0.15, -0.1) is 0 Å². The van der Waals surface area contributed by atoms with E-state index in [1.54, 1.807) is 17.0 Å². The third-order valence-corrected chi connectivity index (χ3v) is 5.58. The van der Waals surface area contributed by atoms with Crippen molar-refractivity contribution < 1.29 is 19.0 Å². The summed E-state index contributed by atoms with van der Waals surface area (Å²) in [6.07, 6.45) is 0.677. The largest absolute Gasteiger partial charge is 0.494 e. The lowest BCUT2D eigenvalue weighted by Crippen LogP contribution is -2.41. The Morgan fingerprint density at radius 3 is 2.62 bits per heavy atom. The summed E-state index contributed by atoms with van der Waals surface area (Å²) in [4.78, 5) is 14.8. The fourth-order valence-electron chi connectivity index (χ4n) is 3.99. The molecule has 0 N–H and O–H groups in total. The fourth-order valence-corrected chi connectivity index (χ4v) is 4.16. The first-order valence-corrected chi connectivity index (χ1v) is 10.1. The molecular weight excluding hydrogens is 390 g/mol. The zero-order valence-electron chi connectivity index (χ0n) is 15.8. The summed E-state index contributed by atoms with van der Waals surface area (Å²) in [5, 5.41) is 2.87. The molecule has 0 bridgehead atoms. The van der Waals surface area contributed by atoms with Gasteiger partial charge in [0.25, 0.3) is 11.7 Å². The van der Waals surface area contributed by atoms with E-state index in [1.165, 1.54) is 5.39 Å². The molecule has 5 rings (SSSR count). The van der Waals surface area contributed by atoms with Crippen molar-refractivity contribution in [2.45, 2.75) is 12.2 Å². The Balaban J connectivity index is 1.27. The maximum atomic E-state index is 13.1. The highest BCUT2D eigenvalue weighted by Crippen LogP contribution is 2.46. The van der Waals surface area contributed by atoms with Gasteiger partial charge in [0.15, 0.2) is 0 Å². The van der Waals surface area contributed by atoms with Crippen LogP contribution in [0.3, 0.4) is 0 Å². The number of hydrogen-bond acceptors (Lipinski definition) is 4. The molecule has 3 aromatic rings. The highest BCUT2D eigenvalue weighted by Gasteiger charge is 2.55. The predicted molar refractivity (Wildman–Crippen MR) is 111 cm³/mol. The van der Waals surface area contributed by atoms with E-state index in [1.807, 2.05) is 36.4 Å². The average molecular weight is 410 g/mol. The minimum atomic E-state index is -1.35. The molecular formula is C23H20ClNO4. The summed E-state index contributed by atoms with van der Waals surface area (Å²) < 4.78 is 17.4. The summed E-state index contributed by atoms with van der Waals surface area (Å²) in [6.45, 7) is 1.78. The van der Waals surface area contributed by atoms with Crippen LogP contribution in [-0.2, 0) is 20.1 Å². The van der Waals surface area contributed by atoms with E-state index in [0.29, 0.717) is 43.4 Å². The first kappa shape index (κ1) is 18.4. The highest BCUT2D eigenvalue weighted by atomic mass is 35.5. The van der Waals surface area contributed by atoms with Crippen molar-refractivity contribution >= 4 is 34.0 Å². The lowest BCUT2D eigenvalue weighted by molar-refractivity contribution is -0.180. The van der Waals surface area contributed by atoms with Crippen LogP contribution in [0.2, 0.25) is 5.02 Å². The van der Waals surface area contributed by atoms with Crippen molar-refractivity contribution in [2.24, 2.45) is 0 Å². The Hall–Kier alpha value is -2.60. The first-order chi connectivity index (χ1) is 14.2. The lowest BCUT2D eigenvalue weighted by Gasteiger charge is -2.22. The zero-order valence-corrected chi connectivity index (χ0v) is 16.5. The average Bonchev–Trinajstić information content (AvgIpc) is 3.32. The second-order valence-electron chi connectivity index (χ2n) is 7.14. The van der Waals surface area contributed by atoms with Crippen LogP contribution in [0, 0.1) is 0 Å². The monoisotopic (exact) mass is 409 g/mol. The van der Waals surface area contributed by atoms with Crippen molar-refractivity contribution in [1.29, 1.82) is 0 Å². The summed E-state index contributed by atoms with van der Waals surface area (Å²) in [6, 6.07) is 19.6. The van der Waals surface area contributed by atoms with Gasteiger partial charge in [-0.1, -0.05) is 41.9 Å². The molecule has 0 atom stereocenters. The Labute approximate surface area is 173 Å². The van der Waals surface area contributed by atoms with Crippen LogP contribution in [0.15, 0.2) is 60.7 Å². The van der Waals surface area contributed by atoms with E-state index >= 15 is 0 Å². The number of carbonyl (C=O) groups excluding carboxylic acids is 1. The molecule has 1 spiro atoms. The van der Waals surface area contributed by atoms with Crippen LogP contribution in [0.5, 0.6) is 5.75 Å². The third-order valence-electron chi connectivity index (χ3n) is 5.34. The maximum absolute atomic E-state index is 13.1. The van der Waals surface area contributed by atoms with Crippen molar-refractivity contribution in [2.75, 3.05) is 31.3 Å². The number of amides is 1. The molecule has 1 saturated heterocycles. The number of halogens is 1. The maximum Gasteiger partial charge on any atom is 0.292 e. The number of rotatable bonds is 5. The van der Waals surface area contributed by atoms with E-state index in [-0.39, 0.29) is 5.91 Å². The molecule has 6 heteroatoms. The van der Waals surface area contributed by atoms with E-state index in [0.717, 1.165) is 16.8 Å². The lowest BCUT2D eigenvalue weighted by atomic mass is 10.1. The van der Waals surface area contributed by atoms with E-state index in [9.17, 15) is 4.79 Å². The number of fused-ring (bicyclic) bond motifs is 3. The Bertz CT molecular complexity index is 1080. The van der Waals surface area contributed by atoms with E-state index < -0.39 is 5.79 Å². The molecule has 0 radical (unpaired) electrons. The Morgan fingerprint density at radius 1 is 1.00 bits per heavy atom. The third kappa shape index (κ3) is 3.15. The van der Waals surface area contributed by atoms with Gasteiger partial charge in [0.2, 0.25) is 0 Å². The molecule has 2 heterocycles. The van der Waals surface area contributed by atoms with Crippen LogP contribution >= 0.6 is 11.6 Å². The van der Waals surface area contributed by atoms with Crippen LogP contribution in [0.25, 0.3) is 10.8 Å². The number of ether oxygens (including phenoxy) is 3. The topological polar surface area (TPSA) is 48.0 Å². The second-order valence-corrected chi connectivity index (χ2v) is 7.58. The molecule has 5 nitrogen and oxygen atoms in total. The van der Waals surface area contributed by atoms with Crippen LogP contribution in [0.4, 0.5) is 5.69 Å². The standard InChI is InChI=1S/C23H20ClNO4/c24-18-7-9-21-20(15-18)23(28-12-13-29-23)22(26)25(21)10-3-11-27-19-8-6-16-4-1-2-5-17(16)14-19/h1-2,4-9,14-15H,3,10-13H2. The summed E-state index contributed by atoms with van der Waals surface area (Å²) in [5.74, 6) is -0.722. The van der Waals surface area contributed by atoms with Gasteiger partial charge in [-0.25, -0.2) is 0 Å². The molecule has 148 valence electrons. The Kier molecular flexibility index (Phi) is 4.66. The smallest absolute Gasteiger partial charge is 0.292 e. The minimum Gasteiger partial charge on any atom is -0.494 e. The molecule has 1 amide bonds. The van der Waals surface area contributed by atoms with Gasteiger partial charge < -0.3 is 19.1 Å². The SMILES string of the molecule is O=C1N(CCCOc2ccc3ccccc3c2)c2ccc(Cl)cc2C12OCCO2. The summed E-state index contributed by atoms with van der Waals surface area (Å²) in [5.41, 5.74) is 1.47. The number of hydrogen-bond donors (Lipinski definition) is 0. The van der Waals surface area contributed by atoms with Crippen molar-refractivity contribution in [1.82, 2.24) is 0 Å². The van der Waals surface area contributed by atoms with Crippen LogP contribution < -0.4 is 9.64 Å². The van der Waals surface area contributed by atoms with Gasteiger partial charge in [-0.2, -0.15) is 0 Å². The molecule has 29 heavy (non-hydrogen) atoms. The normalized spacial score (nSPS) is 17.3. The highest BCUT2D eigenvalue weighted by molar-refractivity contribution is 6.31. The first-order valence-electron chi connectivity index (χ1n) is 9.69. The van der Waals surface area contributed by atoms with Crippen molar-refractivity contribution in [3.05, 3.63) is 71.2 Å². The number of anilines is 1. The molecule has 0 unspecified atom stereocenters. The molecule has 0 aromatic heterocycles. The van der Waals surface area contributed by atoms with Crippen molar-refractivity contribution in [3.63, 3.8) is 0 Å². The molecule has 2 aliphatic heterocycles. The molecule has 0 aliphatic carbocycles. The van der Waals surface area contributed by atoms with E-state index in [2.05, 4.69) is 12.1 Å².